The van der Waals surface area contributed by atoms with Crippen LogP contribution in [-0.4, -0.2) is 38.8 Å². The number of hydrogen-bond acceptors (Lipinski definition) is 4. The number of aliphatic carboxylic acids is 1. The number of carboxylic acids is 1. The van der Waals surface area contributed by atoms with Crippen LogP contribution in [-0.2, 0) is 4.79 Å². The van der Waals surface area contributed by atoms with Crippen LogP contribution in [0, 0.1) is 6.92 Å². The maximum atomic E-state index is 10.8. The van der Waals surface area contributed by atoms with E-state index in [1.54, 1.807) is 21.8 Å². The zero-order valence-electron chi connectivity index (χ0n) is 9.79. The average Bonchev–Trinajstić information content (AvgIpc) is 2.65. The molecule has 2 rings (SSSR count). The van der Waals surface area contributed by atoms with E-state index in [0.717, 1.165) is 11.2 Å². The third-order valence-corrected chi connectivity index (χ3v) is 2.50. The van der Waals surface area contributed by atoms with Crippen LogP contribution in [0.15, 0.2) is 18.5 Å². The SMILES string of the molecule is CCN(CC(=O)O)c1nccn2nc(C)cc12. The Morgan fingerprint density at radius 3 is 3.00 bits per heavy atom. The molecule has 2 aromatic heterocycles. The van der Waals surface area contributed by atoms with Crippen molar-refractivity contribution in [2.24, 2.45) is 0 Å². The predicted octanol–water partition coefficient (Wildman–Crippen LogP) is 0.949. The fourth-order valence-corrected chi connectivity index (χ4v) is 1.77. The van der Waals surface area contributed by atoms with Gasteiger partial charge in [0.15, 0.2) is 5.82 Å². The van der Waals surface area contributed by atoms with Gasteiger partial charge in [-0.25, -0.2) is 9.50 Å². The molecule has 0 radical (unpaired) electrons. The quantitative estimate of drug-likeness (QED) is 0.852. The van der Waals surface area contributed by atoms with Crippen molar-refractivity contribution in [2.45, 2.75) is 13.8 Å². The van der Waals surface area contributed by atoms with Crippen molar-refractivity contribution in [1.29, 1.82) is 0 Å². The molecule has 2 heterocycles. The number of anilines is 1. The Hall–Kier alpha value is -2.11. The second-order valence-electron chi connectivity index (χ2n) is 3.77. The van der Waals surface area contributed by atoms with E-state index in [2.05, 4.69) is 10.1 Å². The highest BCUT2D eigenvalue weighted by Gasteiger charge is 2.14. The number of nitrogens with zero attached hydrogens (tertiary/aromatic N) is 4. The van der Waals surface area contributed by atoms with Gasteiger partial charge in [-0.05, 0) is 19.9 Å². The van der Waals surface area contributed by atoms with Gasteiger partial charge in [0.05, 0.1) is 5.69 Å². The zero-order chi connectivity index (χ0) is 12.4. The van der Waals surface area contributed by atoms with Gasteiger partial charge in [-0.15, -0.1) is 0 Å². The number of hydrogen-bond donors (Lipinski definition) is 1. The summed E-state index contributed by atoms with van der Waals surface area (Å²) >= 11 is 0. The molecule has 0 unspecified atom stereocenters. The summed E-state index contributed by atoms with van der Waals surface area (Å²) in [5.41, 5.74) is 1.71. The van der Waals surface area contributed by atoms with E-state index in [9.17, 15) is 4.79 Å². The Bertz CT molecular complexity index is 549. The average molecular weight is 234 g/mol. The van der Waals surface area contributed by atoms with Crippen molar-refractivity contribution in [1.82, 2.24) is 14.6 Å². The lowest BCUT2D eigenvalue weighted by molar-refractivity contribution is -0.135. The molecular formula is C11H14N4O2. The summed E-state index contributed by atoms with van der Waals surface area (Å²) in [4.78, 5) is 16.7. The summed E-state index contributed by atoms with van der Waals surface area (Å²) in [6.07, 6.45) is 3.37. The smallest absolute Gasteiger partial charge is 0.323 e. The molecule has 0 aliphatic carbocycles. The first-order valence-electron chi connectivity index (χ1n) is 5.39. The Kier molecular flexibility index (Phi) is 2.95. The molecule has 0 spiro atoms. The summed E-state index contributed by atoms with van der Waals surface area (Å²) in [5.74, 6) is -0.218. The van der Waals surface area contributed by atoms with Crippen molar-refractivity contribution < 1.29 is 9.90 Å². The molecule has 0 aromatic carbocycles. The van der Waals surface area contributed by atoms with Crippen LogP contribution in [0.1, 0.15) is 12.6 Å². The number of fused-ring (bicyclic) bond motifs is 1. The molecule has 0 aliphatic rings. The highest BCUT2D eigenvalue weighted by molar-refractivity contribution is 5.77. The summed E-state index contributed by atoms with van der Waals surface area (Å²) in [6.45, 7) is 4.32. The number of aryl methyl sites for hydroxylation is 1. The van der Waals surface area contributed by atoms with E-state index in [1.807, 2.05) is 19.9 Å². The minimum Gasteiger partial charge on any atom is -0.480 e. The molecule has 0 aliphatic heterocycles. The molecular weight excluding hydrogens is 220 g/mol. The molecule has 0 saturated heterocycles. The highest BCUT2D eigenvalue weighted by atomic mass is 16.4. The minimum absolute atomic E-state index is 0.0621. The number of rotatable bonds is 4. The van der Waals surface area contributed by atoms with E-state index in [4.69, 9.17) is 5.11 Å². The fourth-order valence-electron chi connectivity index (χ4n) is 1.77. The lowest BCUT2D eigenvalue weighted by Crippen LogP contribution is -2.30. The van der Waals surface area contributed by atoms with Gasteiger partial charge in [0.2, 0.25) is 0 Å². The number of carboxylic acid groups (broad SMARTS) is 1. The number of aromatic nitrogens is 3. The van der Waals surface area contributed by atoms with Crippen LogP contribution in [0.4, 0.5) is 5.82 Å². The van der Waals surface area contributed by atoms with E-state index in [0.29, 0.717) is 12.4 Å². The minimum atomic E-state index is -0.869. The third kappa shape index (κ3) is 2.20. The lowest BCUT2D eigenvalue weighted by Gasteiger charge is -2.19. The first-order chi connectivity index (χ1) is 8.11. The van der Waals surface area contributed by atoms with Gasteiger partial charge >= 0.3 is 5.97 Å². The monoisotopic (exact) mass is 234 g/mol. The molecule has 0 fully saturated rings. The number of likely N-dealkylation sites (N-methyl/N-ethyl adjacent to an activating group) is 1. The lowest BCUT2D eigenvalue weighted by atomic mass is 10.3. The Morgan fingerprint density at radius 2 is 2.35 bits per heavy atom. The molecule has 0 amide bonds. The largest absolute Gasteiger partial charge is 0.480 e. The second-order valence-corrected chi connectivity index (χ2v) is 3.77. The van der Waals surface area contributed by atoms with Crippen LogP contribution < -0.4 is 4.90 Å². The van der Waals surface area contributed by atoms with Crippen molar-refractivity contribution in [3.63, 3.8) is 0 Å². The molecule has 6 nitrogen and oxygen atoms in total. The standard InChI is InChI=1S/C11H14N4O2/c1-3-14(7-10(16)17)11-9-6-8(2)13-15(9)5-4-12-11/h4-6H,3,7H2,1-2H3,(H,16,17). The van der Waals surface area contributed by atoms with Crippen LogP contribution >= 0.6 is 0 Å². The summed E-state index contributed by atoms with van der Waals surface area (Å²) < 4.78 is 1.71. The fraction of sp³-hybridized carbons (Fsp3) is 0.364. The van der Waals surface area contributed by atoms with E-state index < -0.39 is 5.97 Å². The van der Waals surface area contributed by atoms with Crippen LogP contribution in [0.3, 0.4) is 0 Å². The topological polar surface area (TPSA) is 70.7 Å². The second kappa shape index (κ2) is 4.40. The Morgan fingerprint density at radius 1 is 1.59 bits per heavy atom. The van der Waals surface area contributed by atoms with Crippen molar-refractivity contribution in [3.8, 4) is 0 Å². The predicted molar refractivity (Wildman–Crippen MR) is 63.2 cm³/mol. The molecule has 0 atom stereocenters. The first-order valence-corrected chi connectivity index (χ1v) is 5.39. The van der Waals surface area contributed by atoms with Gasteiger partial charge < -0.3 is 10.0 Å². The maximum Gasteiger partial charge on any atom is 0.323 e. The van der Waals surface area contributed by atoms with Gasteiger partial charge in [0, 0.05) is 18.9 Å². The molecule has 1 N–H and O–H groups in total. The van der Waals surface area contributed by atoms with Crippen LogP contribution in [0.2, 0.25) is 0 Å². The maximum absolute atomic E-state index is 10.8. The number of carbonyl (C=O) groups is 1. The Balaban J connectivity index is 2.48. The summed E-state index contributed by atoms with van der Waals surface area (Å²) in [7, 11) is 0. The molecule has 2 aromatic rings. The van der Waals surface area contributed by atoms with Crippen molar-refractivity contribution in [2.75, 3.05) is 18.0 Å². The molecule has 90 valence electrons. The molecule has 6 heteroatoms. The first kappa shape index (κ1) is 11.4. The van der Waals surface area contributed by atoms with Gasteiger partial charge in [-0.1, -0.05) is 0 Å². The normalized spacial score (nSPS) is 10.7. The molecule has 0 saturated carbocycles. The zero-order valence-corrected chi connectivity index (χ0v) is 9.79. The van der Waals surface area contributed by atoms with Crippen molar-refractivity contribution in [3.05, 3.63) is 24.2 Å². The molecule has 0 bridgehead atoms. The van der Waals surface area contributed by atoms with E-state index in [1.165, 1.54) is 0 Å². The van der Waals surface area contributed by atoms with Gasteiger partial charge in [-0.2, -0.15) is 5.10 Å². The van der Waals surface area contributed by atoms with Crippen LogP contribution in [0.5, 0.6) is 0 Å². The van der Waals surface area contributed by atoms with Gasteiger partial charge in [0.25, 0.3) is 0 Å². The van der Waals surface area contributed by atoms with Crippen molar-refractivity contribution >= 4 is 17.3 Å². The van der Waals surface area contributed by atoms with Crippen LogP contribution in [0.25, 0.3) is 5.52 Å². The van der Waals surface area contributed by atoms with E-state index >= 15 is 0 Å². The van der Waals surface area contributed by atoms with E-state index in [-0.39, 0.29) is 6.54 Å². The highest BCUT2D eigenvalue weighted by Crippen LogP contribution is 2.18. The van der Waals surface area contributed by atoms with Gasteiger partial charge in [-0.3, -0.25) is 4.79 Å². The Labute approximate surface area is 98.5 Å². The third-order valence-electron chi connectivity index (χ3n) is 2.50. The summed E-state index contributed by atoms with van der Waals surface area (Å²) in [5, 5.41) is 13.1. The molecule has 17 heavy (non-hydrogen) atoms. The van der Waals surface area contributed by atoms with Gasteiger partial charge in [0.1, 0.15) is 12.1 Å². The summed E-state index contributed by atoms with van der Waals surface area (Å²) in [6, 6.07) is 1.90.